The number of benzene rings is 1. The molecule has 2 nitrogen and oxygen atoms in total. The molecule has 0 fully saturated rings. The van der Waals surface area contributed by atoms with Gasteiger partial charge in [0, 0.05) is 0 Å². The average Bonchev–Trinajstić information content (AvgIpc) is 2.20. The van der Waals surface area contributed by atoms with Gasteiger partial charge in [0.15, 0.2) is 0 Å². The summed E-state index contributed by atoms with van der Waals surface area (Å²) in [5.41, 5.74) is 1.16. The number of hydrogen-bond donors (Lipinski definition) is 0. The van der Waals surface area contributed by atoms with Gasteiger partial charge in [0.1, 0.15) is 9.67 Å². The van der Waals surface area contributed by atoms with Crippen molar-refractivity contribution in [1.82, 2.24) is 0 Å². The molecule has 0 bridgehead atoms. The number of halogens is 1. The summed E-state index contributed by atoms with van der Waals surface area (Å²) in [6, 6.07) is 7.48. The van der Waals surface area contributed by atoms with Gasteiger partial charge in [-0.2, -0.15) is 0 Å². The molecular formula is C11H13IO2. The Balaban J connectivity index is 2.60. The molecule has 0 aliphatic heterocycles. The Kier molecular flexibility index (Phi) is 4.38. The molecule has 0 heterocycles. The van der Waals surface area contributed by atoms with Crippen molar-refractivity contribution in [2.75, 3.05) is 0 Å². The van der Waals surface area contributed by atoms with Crippen LogP contribution in [-0.4, -0.2) is 9.89 Å². The van der Waals surface area contributed by atoms with E-state index in [0.717, 1.165) is 12.0 Å². The largest absolute Gasteiger partial charge is 0.426 e. The number of hydrogen-bond acceptors (Lipinski definition) is 2. The first-order valence-corrected chi connectivity index (χ1v) is 5.80. The van der Waals surface area contributed by atoms with Crippen molar-refractivity contribution >= 4 is 28.6 Å². The van der Waals surface area contributed by atoms with Crippen LogP contribution >= 0.6 is 22.6 Å². The molecule has 0 amide bonds. The molecule has 76 valence electrons. The topological polar surface area (TPSA) is 26.3 Å². The second kappa shape index (κ2) is 5.34. The molecule has 3 heteroatoms. The summed E-state index contributed by atoms with van der Waals surface area (Å²) in [4.78, 5) is 11.4. The zero-order valence-electron chi connectivity index (χ0n) is 8.29. The van der Waals surface area contributed by atoms with E-state index in [1.54, 1.807) is 0 Å². The Morgan fingerprint density at radius 3 is 2.50 bits per heavy atom. The highest BCUT2D eigenvalue weighted by molar-refractivity contribution is 14.1. The van der Waals surface area contributed by atoms with Crippen molar-refractivity contribution in [3.63, 3.8) is 0 Å². The molecule has 1 aromatic carbocycles. The van der Waals surface area contributed by atoms with Crippen molar-refractivity contribution in [1.29, 1.82) is 0 Å². The third kappa shape index (κ3) is 3.29. The van der Waals surface area contributed by atoms with Crippen LogP contribution in [0.25, 0.3) is 0 Å². The maximum atomic E-state index is 11.4. The first kappa shape index (κ1) is 11.5. The predicted octanol–water partition coefficient (Wildman–Crippen LogP) is 3.11. The smallest absolute Gasteiger partial charge is 0.324 e. The van der Waals surface area contributed by atoms with Crippen LogP contribution in [0.5, 0.6) is 5.75 Å². The summed E-state index contributed by atoms with van der Waals surface area (Å²) in [6.07, 6.45) is 0.797. The summed E-state index contributed by atoms with van der Waals surface area (Å²) in [7, 11) is 0. The van der Waals surface area contributed by atoms with Gasteiger partial charge in [0.05, 0.1) is 0 Å². The molecule has 0 radical (unpaired) electrons. The lowest BCUT2D eigenvalue weighted by atomic mass is 10.2. The zero-order valence-corrected chi connectivity index (χ0v) is 10.4. The van der Waals surface area contributed by atoms with Crippen LogP contribution in [0.15, 0.2) is 24.3 Å². The lowest BCUT2D eigenvalue weighted by Gasteiger charge is -2.07. The normalized spacial score (nSPS) is 12.2. The first-order valence-electron chi connectivity index (χ1n) is 4.56. The van der Waals surface area contributed by atoms with E-state index < -0.39 is 0 Å². The quantitative estimate of drug-likeness (QED) is 0.371. The van der Waals surface area contributed by atoms with Crippen LogP contribution in [-0.2, 0) is 4.79 Å². The van der Waals surface area contributed by atoms with Crippen LogP contribution in [0.4, 0.5) is 0 Å². The molecule has 0 aliphatic rings. The van der Waals surface area contributed by atoms with Gasteiger partial charge in [-0.15, -0.1) is 0 Å². The Labute approximate surface area is 97.8 Å². The van der Waals surface area contributed by atoms with Crippen LogP contribution in [0.3, 0.4) is 0 Å². The van der Waals surface area contributed by atoms with Crippen molar-refractivity contribution in [2.45, 2.75) is 24.2 Å². The summed E-state index contributed by atoms with van der Waals surface area (Å²) < 4.78 is 5.11. The number of ether oxygens (including phenoxy) is 1. The van der Waals surface area contributed by atoms with E-state index in [4.69, 9.17) is 4.74 Å². The molecule has 0 saturated heterocycles. The standard InChI is InChI=1S/C11H13IO2/c1-3-10(12)11(13)14-9-6-4-8(2)5-7-9/h4-7,10H,3H2,1-2H3. The molecular weight excluding hydrogens is 291 g/mol. The molecule has 0 aromatic heterocycles. The fourth-order valence-corrected chi connectivity index (χ4v) is 1.08. The molecule has 0 spiro atoms. The van der Waals surface area contributed by atoms with Crippen LogP contribution < -0.4 is 4.74 Å². The molecule has 0 saturated carbocycles. The number of rotatable bonds is 3. The number of carbonyl (C=O) groups excluding carboxylic acids is 1. The van der Waals surface area contributed by atoms with E-state index in [0.29, 0.717) is 5.75 Å². The molecule has 0 aliphatic carbocycles. The maximum absolute atomic E-state index is 11.4. The lowest BCUT2D eigenvalue weighted by Crippen LogP contribution is -2.19. The maximum Gasteiger partial charge on any atom is 0.324 e. The number of esters is 1. The highest BCUT2D eigenvalue weighted by Crippen LogP contribution is 2.15. The van der Waals surface area contributed by atoms with E-state index in [1.807, 2.05) is 38.1 Å². The highest BCUT2D eigenvalue weighted by atomic mass is 127. The minimum Gasteiger partial charge on any atom is -0.426 e. The van der Waals surface area contributed by atoms with Crippen LogP contribution in [0, 0.1) is 6.92 Å². The van der Waals surface area contributed by atoms with E-state index >= 15 is 0 Å². The minimum atomic E-state index is -0.169. The Morgan fingerprint density at radius 2 is 2.00 bits per heavy atom. The van der Waals surface area contributed by atoms with E-state index in [1.165, 1.54) is 0 Å². The van der Waals surface area contributed by atoms with E-state index in [9.17, 15) is 4.79 Å². The van der Waals surface area contributed by atoms with Gasteiger partial charge >= 0.3 is 5.97 Å². The van der Waals surface area contributed by atoms with Gasteiger partial charge in [-0.05, 0) is 25.5 Å². The summed E-state index contributed by atoms with van der Waals surface area (Å²) in [5, 5.41) is 0. The van der Waals surface area contributed by atoms with Crippen molar-refractivity contribution < 1.29 is 9.53 Å². The molecule has 1 unspecified atom stereocenters. The Hall–Kier alpha value is -0.580. The number of alkyl halides is 1. The van der Waals surface area contributed by atoms with Gasteiger partial charge in [-0.25, -0.2) is 0 Å². The first-order chi connectivity index (χ1) is 6.63. The fourth-order valence-electron chi connectivity index (χ4n) is 0.953. The van der Waals surface area contributed by atoms with Crippen LogP contribution in [0.1, 0.15) is 18.9 Å². The van der Waals surface area contributed by atoms with Crippen molar-refractivity contribution in [2.24, 2.45) is 0 Å². The SMILES string of the molecule is CCC(I)C(=O)Oc1ccc(C)cc1. The van der Waals surface area contributed by atoms with E-state index in [-0.39, 0.29) is 9.89 Å². The monoisotopic (exact) mass is 304 g/mol. The lowest BCUT2D eigenvalue weighted by molar-refractivity contribution is -0.133. The molecule has 0 N–H and O–H groups in total. The highest BCUT2D eigenvalue weighted by Gasteiger charge is 2.14. The second-order valence-electron chi connectivity index (χ2n) is 3.11. The molecule has 14 heavy (non-hydrogen) atoms. The zero-order chi connectivity index (χ0) is 10.6. The fraction of sp³-hybridized carbons (Fsp3) is 0.364. The molecule has 1 atom stereocenters. The Bertz CT molecular complexity index is 306. The predicted molar refractivity (Wildman–Crippen MR) is 64.9 cm³/mol. The van der Waals surface area contributed by atoms with Crippen molar-refractivity contribution in [3.05, 3.63) is 29.8 Å². The van der Waals surface area contributed by atoms with E-state index in [2.05, 4.69) is 22.6 Å². The number of carbonyl (C=O) groups is 1. The van der Waals surface area contributed by atoms with Crippen LogP contribution in [0.2, 0.25) is 0 Å². The van der Waals surface area contributed by atoms with Gasteiger partial charge < -0.3 is 4.74 Å². The molecule has 1 rings (SSSR count). The summed E-state index contributed by atoms with van der Waals surface area (Å²) in [5.74, 6) is 0.452. The summed E-state index contributed by atoms with van der Waals surface area (Å²) >= 11 is 2.09. The van der Waals surface area contributed by atoms with Gasteiger partial charge in [0.2, 0.25) is 0 Å². The minimum absolute atomic E-state index is 0.0612. The Morgan fingerprint density at radius 1 is 1.43 bits per heavy atom. The van der Waals surface area contributed by atoms with Crippen molar-refractivity contribution in [3.8, 4) is 5.75 Å². The number of aryl methyl sites for hydroxylation is 1. The third-order valence-electron chi connectivity index (χ3n) is 1.85. The second-order valence-corrected chi connectivity index (χ2v) is 4.61. The van der Waals surface area contributed by atoms with Gasteiger partial charge in [-0.3, -0.25) is 4.79 Å². The van der Waals surface area contributed by atoms with Gasteiger partial charge in [-0.1, -0.05) is 47.2 Å². The summed E-state index contributed by atoms with van der Waals surface area (Å²) in [6.45, 7) is 3.96. The molecule has 1 aromatic rings. The van der Waals surface area contributed by atoms with Gasteiger partial charge in [0.25, 0.3) is 0 Å². The third-order valence-corrected chi connectivity index (χ3v) is 3.24. The average molecular weight is 304 g/mol.